The third-order valence-corrected chi connectivity index (χ3v) is 4.15. The van der Waals surface area contributed by atoms with Crippen molar-refractivity contribution in [2.75, 3.05) is 32.7 Å². The molecule has 0 spiro atoms. The Balaban J connectivity index is 1.72. The summed E-state index contributed by atoms with van der Waals surface area (Å²) in [6.07, 6.45) is 1.73. The van der Waals surface area contributed by atoms with Crippen LogP contribution in [-0.2, 0) is 16.6 Å². The first-order chi connectivity index (χ1) is 10.1. The van der Waals surface area contributed by atoms with Crippen molar-refractivity contribution in [2.24, 2.45) is 7.05 Å². The zero-order valence-electron chi connectivity index (χ0n) is 11.9. The normalized spacial score (nSPS) is 22.6. The molecule has 1 aromatic heterocycles. The Morgan fingerprint density at radius 2 is 2.10 bits per heavy atom. The molecule has 21 heavy (non-hydrogen) atoms. The maximum Gasteiger partial charge on any atom is 0.296 e. The van der Waals surface area contributed by atoms with E-state index in [1.54, 1.807) is 29.9 Å². The Morgan fingerprint density at radius 1 is 1.29 bits per heavy atom. The van der Waals surface area contributed by atoms with E-state index in [4.69, 9.17) is 0 Å². The van der Waals surface area contributed by atoms with Gasteiger partial charge >= 0.3 is 0 Å². The first-order valence-electron chi connectivity index (χ1n) is 7.04. The second-order valence-electron chi connectivity index (χ2n) is 5.43. The maximum atomic E-state index is 12.3. The van der Waals surface area contributed by atoms with Gasteiger partial charge in [-0.15, -0.1) is 0 Å². The van der Waals surface area contributed by atoms with Gasteiger partial charge in [0.25, 0.3) is 11.7 Å². The molecule has 2 aliphatic rings. The standard InChI is InChI=1S/C14H18N4O3/c1-16-5-2-3-10(16)12(19)14(21)18-8-7-17-6-4-15-13(20)11(17)9-18/h2-3,5,11H,4,6-9H2,1H3,(H,15,20)/t11-/m0/s1. The van der Waals surface area contributed by atoms with Gasteiger partial charge in [-0.3, -0.25) is 19.3 Å². The zero-order chi connectivity index (χ0) is 15.0. The summed E-state index contributed by atoms with van der Waals surface area (Å²) in [5.74, 6) is -1.12. The molecular formula is C14H18N4O3. The summed E-state index contributed by atoms with van der Waals surface area (Å²) in [6.45, 7) is 2.83. The minimum atomic E-state index is -0.533. The summed E-state index contributed by atoms with van der Waals surface area (Å²) in [7, 11) is 1.73. The minimum absolute atomic E-state index is 0.0648. The summed E-state index contributed by atoms with van der Waals surface area (Å²) in [4.78, 5) is 40.0. The smallest absolute Gasteiger partial charge is 0.296 e. The van der Waals surface area contributed by atoms with Crippen molar-refractivity contribution in [2.45, 2.75) is 6.04 Å². The number of aryl methyl sites for hydroxylation is 1. The van der Waals surface area contributed by atoms with Gasteiger partial charge in [-0.25, -0.2) is 0 Å². The molecule has 1 aromatic rings. The highest BCUT2D eigenvalue weighted by atomic mass is 16.2. The number of fused-ring (bicyclic) bond motifs is 1. The number of piperazine rings is 2. The number of carbonyl (C=O) groups is 3. The Kier molecular flexibility index (Phi) is 3.50. The Morgan fingerprint density at radius 3 is 2.81 bits per heavy atom. The molecule has 2 amide bonds. The maximum absolute atomic E-state index is 12.3. The van der Waals surface area contributed by atoms with E-state index in [2.05, 4.69) is 10.2 Å². The highest BCUT2D eigenvalue weighted by Crippen LogP contribution is 2.14. The van der Waals surface area contributed by atoms with Crippen LogP contribution in [0.15, 0.2) is 18.3 Å². The molecule has 2 fully saturated rings. The van der Waals surface area contributed by atoms with Gasteiger partial charge in [-0.05, 0) is 12.1 Å². The number of amides is 2. The highest BCUT2D eigenvalue weighted by Gasteiger charge is 2.38. The summed E-state index contributed by atoms with van der Waals surface area (Å²) in [5.41, 5.74) is 0.371. The number of nitrogens with zero attached hydrogens (tertiary/aromatic N) is 3. The molecule has 0 bridgehead atoms. The average Bonchev–Trinajstić information content (AvgIpc) is 2.92. The van der Waals surface area contributed by atoms with Gasteiger partial charge in [0.2, 0.25) is 5.91 Å². The third kappa shape index (κ3) is 2.44. The lowest BCUT2D eigenvalue weighted by atomic mass is 10.1. The molecule has 7 heteroatoms. The van der Waals surface area contributed by atoms with Gasteiger partial charge in [0.1, 0.15) is 6.04 Å². The van der Waals surface area contributed by atoms with E-state index in [1.807, 2.05) is 0 Å². The lowest BCUT2D eigenvalue weighted by molar-refractivity contribution is -0.137. The topological polar surface area (TPSA) is 74.7 Å². The van der Waals surface area contributed by atoms with E-state index < -0.39 is 11.7 Å². The van der Waals surface area contributed by atoms with Crippen molar-refractivity contribution in [1.82, 2.24) is 19.7 Å². The first-order valence-corrected chi connectivity index (χ1v) is 7.04. The Hall–Kier alpha value is -2.15. The van der Waals surface area contributed by atoms with Crippen LogP contribution in [0.4, 0.5) is 0 Å². The molecule has 2 saturated heterocycles. The van der Waals surface area contributed by atoms with Crippen LogP contribution < -0.4 is 5.32 Å². The summed E-state index contributed by atoms with van der Waals surface area (Å²) in [6, 6.07) is 3.02. The lowest BCUT2D eigenvalue weighted by Crippen LogP contribution is -2.65. The molecular weight excluding hydrogens is 272 g/mol. The number of Topliss-reactive ketones (excluding diaryl/α,β-unsaturated/α-hetero) is 1. The molecule has 0 aromatic carbocycles. The van der Waals surface area contributed by atoms with Gasteiger partial charge in [0.15, 0.2) is 0 Å². The molecule has 0 unspecified atom stereocenters. The fourth-order valence-electron chi connectivity index (χ4n) is 2.91. The van der Waals surface area contributed by atoms with Gasteiger partial charge < -0.3 is 14.8 Å². The van der Waals surface area contributed by atoms with Crippen LogP contribution in [0.3, 0.4) is 0 Å². The molecule has 1 atom stereocenters. The Bertz CT molecular complexity index is 595. The number of rotatable bonds is 2. The summed E-state index contributed by atoms with van der Waals surface area (Å²) in [5, 5.41) is 2.80. The molecule has 1 N–H and O–H groups in total. The predicted octanol–water partition coefficient (Wildman–Crippen LogP) is -1.15. The van der Waals surface area contributed by atoms with E-state index >= 15 is 0 Å². The molecule has 7 nitrogen and oxygen atoms in total. The number of nitrogens with one attached hydrogen (secondary N) is 1. The fraction of sp³-hybridized carbons (Fsp3) is 0.500. The molecule has 3 heterocycles. The van der Waals surface area contributed by atoms with E-state index in [-0.39, 0.29) is 18.5 Å². The first kappa shape index (κ1) is 13.8. The number of hydrogen-bond donors (Lipinski definition) is 1. The Labute approximate surface area is 122 Å². The predicted molar refractivity (Wildman–Crippen MR) is 74.7 cm³/mol. The number of hydrogen-bond acceptors (Lipinski definition) is 4. The van der Waals surface area contributed by atoms with Gasteiger partial charge in [-0.2, -0.15) is 0 Å². The van der Waals surface area contributed by atoms with Crippen LogP contribution in [0.25, 0.3) is 0 Å². The van der Waals surface area contributed by atoms with E-state index in [1.165, 1.54) is 4.90 Å². The number of carbonyl (C=O) groups excluding carboxylic acids is 3. The van der Waals surface area contributed by atoms with E-state index in [9.17, 15) is 14.4 Å². The minimum Gasteiger partial charge on any atom is -0.353 e. The van der Waals surface area contributed by atoms with Crippen molar-refractivity contribution in [3.8, 4) is 0 Å². The van der Waals surface area contributed by atoms with Crippen LogP contribution in [-0.4, -0.2) is 70.7 Å². The van der Waals surface area contributed by atoms with Crippen molar-refractivity contribution in [3.63, 3.8) is 0 Å². The van der Waals surface area contributed by atoms with E-state index in [0.717, 1.165) is 6.54 Å². The van der Waals surface area contributed by atoms with Crippen molar-refractivity contribution >= 4 is 17.6 Å². The lowest BCUT2D eigenvalue weighted by Gasteiger charge is -2.42. The summed E-state index contributed by atoms with van der Waals surface area (Å²) >= 11 is 0. The average molecular weight is 290 g/mol. The van der Waals surface area contributed by atoms with Crippen LogP contribution in [0.2, 0.25) is 0 Å². The van der Waals surface area contributed by atoms with Crippen molar-refractivity contribution in [1.29, 1.82) is 0 Å². The zero-order valence-corrected chi connectivity index (χ0v) is 11.9. The van der Waals surface area contributed by atoms with Gasteiger partial charge in [-0.1, -0.05) is 0 Å². The second-order valence-corrected chi connectivity index (χ2v) is 5.43. The van der Waals surface area contributed by atoms with Gasteiger partial charge in [0, 0.05) is 46.0 Å². The molecule has 2 aliphatic heterocycles. The molecule has 0 aliphatic carbocycles. The SMILES string of the molecule is Cn1cccc1C(=O)C(=O)N1CCN2CCNC(=O)[C@@H]2C1. The monoisotopic (exact) mass is 290 g/mol. The van der Waals surface area contributed by atoms with Crippen LogP contribution in [0, 0.1) is 0 Å². The molecule has 112 valence electrons. The highest BCUT2D eigenvalue weighted by molar-refractivity contribution is 6.42. The van der Waals surface area contributed by atoms with Crippen LogP contribution in [0.5, 0.6) is 0 Å². The summed E-state index contributed by atoms with van der Waals surface area (Å²) < 4.78 is 1.63. The van der Waals surface area contributed by atoms with E-state index in [0.29, 0.717) is 25.3 Å². The van der Waals surface area contributed by atoms with Crippen molar-refractivity contribution < 1.29 is 14.4 Å². The quantitative estimate of drug-likeness (QED) is 0.551. The second kappa shape index (κ2) is 5.33. The largest absolute Gasteiger partial charge is 0.353 e. The number of ketones is 1. The number of aromatic nitrogens is 1. The van der Waals surface area contributed by atoms with Crippen LogP contribution >= 0.6 is 0 Å². The van der Waals surface area contributed by atoms with Crippen molar-refractivity contribution in [3.05, 3.63) is 24.0 Å². The fourth-order valence-corrected chi connectivity index (χ4v) is 2.91. The van der Waals surface area contributed by atoms with Crippen LogP contribution in [0.1, 0.15) is 10.5 Å². The molecule has 3 rings (SSSR count). The van der Waals surface area contributed by atoms with Gasteiger partial charge in [0.05, 0.1) is 5.69 Å². The molecule has 0 saturated carbocycles. The molecule has 0 radical (unpaired) electrons. The third-order valence-electron chi connectivity index (χ3n) is 4.15.